The Morgan fingerprint density at radius 1 is 1.00 bits per heavy atom. The Hall–Kier alpha value is -3.58. The number of aromatic nitrogens is 2. The number of hydrogen-bond donors (Lipinski definition) is 8. The molecule has 0 aliphatic heterocycles. The number of rotatable bonds is 12. The minimum atomic E-state index is -1.28. The van der Waals surface area contributed by atoms with E-state index in [1.807, 2.05) is 0 Å². The van der Waals surface area contributed by atoms with Gasteiger partial charge in [0, 0.05) is 30.5 Å². The first-order chi connectivity index (χ1) is 15.7. The highest BCUT2D eigenvalue weighted by Gasteiger charge is 2.29. The standard InChI is InChI=1S/C20H26N6O6S/c21-7-17(28)24-14(6-12-8-22-10-23-12)18(29)26-16(9-33)19(30)25-15(20(31)32)5-11-1-3-13(27)4-2-11/h1-4,8,10,14-16,27,33H,5-7,9,21H2,(H,22,23)(H,24,28)(H,25,30)(H,26,29)(H,31,32). The summed E-state index contributed by atoms with van der Waals surface area (Å²) in [4.78, 5) is 55.5. The number of aliphatic carboxylic acids is 1. The molecule has 0 radical (unpaired) electrons. The van der Waals surface area contributed by atoms with E-state index in [4.69, 9.17) is 5.73 Å². The number of aromatic amines is 1. The lowest BCUT2D eigenvalue weighted by Gasteiger charge is -2.23. The van der Waals surface area contributed by atoms with Gasteiger partial charge >= 0.3 is 5.97 Å². The number of carbonyl (C=O) groups excluding carboxylic acids is 3. The first-order valence-corrected chi connectivity index (χ1v) is 10.6. The summed E-state index contributed by atoms with van der Waals surface area (Å²) in [6.07, 6.45) is 2.93. The van der Waals surface area contributed by atoms with Gasteiger partial charge in [0.05, 0.1) is 12.9 Å². The van der Waals surface area contributed by atoms with Crippen molar-refractivity contribution in [3.05, 3.63) is 48.0 Å². The van der Waals surface area contributed by atoms with Crippen LogP contribution in [0.25, 0.3) is 0 Å². The SMILES string of the molecule is NCC(=O)NC(Cc1cnc[nH]1)C(=O)NC(CS)C(=O)NC(Cc1ccc(O)cc1)C(=O)O. The summed E-state index contributed by atoms with van der Waals surface area (Å²) in [6, 6.07) is 2.39. The van der Waals surface area contributed by atoms with Crippen molar-refractivity contribution in [3.63, 3.8) is 0 Å². The van der Waals surface area contributed by atoms with E-state index >= 15 is 0 Å². The van der Waals surface area contributed by atoms with Crippen LogP contribution in [0.5, 0.6) is 5.75 Å². The lowest BCUT2D eigenvalue weighted by Crippen LogP contribution is -2.57. The Bertz CT molecular complexity index is 952. The summed E-state index contributed by atoms with van der Waals surface area (Å²) in [6.45, 7) is -0.333. The van der Waals surface area contributed by atoms with Crippen LogP contribution in [-0.4, -0.2) is 74.3 Å². The molecular formula is C20H26N6O6S. The molecule has 0 saturated carbocycles. The van der Waals surface area contributed by atoms with Gasteiger partial charge in [0.15, 0.2) is 0 Å². The van der Waals surface area contributed by atoms with Crippen LogP contribution < -0.4 is 21.7 Å². The van der Waals surface area contributed by atoms with Gasteiger partial charge < -0.3 is 36.9 Å². The van der Waals surface area contributed by atoms with Crippen molar-refractivity contribution in [2.24, 2.45) is 5.73 Å². The highest BCUT2D eigenvalue weighted by atomic mass is 32.1. The van der Waals surface area contributed by atoms with Crippen molar-refractivity contribution < 1.29 is 29.4 Å². The summed E-state index contributed by atoms with van der Waals surface area (Å²) in [5.41, 5.74) is 6.46. The average Bonchev–Trinajstić information content (AvgIpc) is 3.30. The molecule has 0 spiro atoms. The number of nitrogens with zero attached hydrogens (tertiary/aromatic N) is 1. The van der Waals surface area contributed by atoms with Crippen molar-refractivity contribution in [1.29, 1.82) is 0 Å². The fourth-order valence-electron chi connectivity index (χ4n) is 2.89. The van der Waals surface area contributed by atoms with Crippen molar-refractivity contribution in [2.75, 3.05) is 12.3 Å². The Balaban J connectivity index is 2.06. The maximum Gasteiger partial charge on any atom is 0.326 e. The number of benzene rings is 1. The zero-order valence-corrected chi connectivity index (χ0v) is 18.4. The molecule has 3 unspecified atom stereocenters. The molecule has 12 nitrogen and oxygen atoms in total. The summed E-state index contributed by atoms with van der Waals surface area (Å²) in [5.74, 6) is -3.36. The molecule has 0 saturated heterocycles. The summed E-state index contributed by atoms with van der Waals surface area (Å²) in [5, 5.41) is 26.2. The summed E-state index contributed by atoms with van der Waals surface area (Å²) in [7, 11) is 0. The van der Waals surface area contributed by atoms with Crippen molar-refractivity contribution in [3.8, 4) is 5.75 Å². The van der Waals surface area contributed by atoms with Gasteiger partial charge in [0.2, 0.25) is 17.7 Å². The van der Waals surface area contributed by atoms with E-state index in [1.165, 1.54) is 36.8 Å². The maximum atomic E-state index is 12.8. The second kappa shape index (κ2) is 12.5. The normalized spacial score (nSPS) is 13.4. The third kappa shape index (κ3) is 8.12. The minimum Gasteiger partial charge on any atom is -0.508 e. The second-order valence-electron chi connectivity index (χ2n) is 7.12. The number of nitrogens with two attached hydrogens (primary N) is 1. The number of nitrogens with one attached hydrogen (secondary N) is 4. The number of phenols is 1. The van der Waals surface area contributed by atoms with Gasteiger partial charge in [-0.25, -0.2) is 9.78 Å². The number of hydrogen-bond acceptors (Lipinski definition) is 8. The number of imidazole rings is 1. The molecule has 0 fully saturated rings. The molecule has 1 aromatic heterocycles. The van der Waals surface area contributed by atoms with Crippen molar-refractivity contribution >= 4 is 36.3 Å². The number of thiol groups is 1. The molecular weight excluding hydrogens is 452 g/mol. The van der Waals surface area contributed by atoms with Gasteiger partial charge in [-0.1, -0.05) is 12.1 Å². The molecule has 8 N–H and O–H groups in total. The molecule has 2 aromatic rings. The van der Waals surface area contributed by atoms with E-state index < -0.39 is 41.8 Å². The number of amides is 3. The smallest absolute Gasteiger partial charge is 0.326 e. The average molecular weight is 479 g/mol. The first kappa shape index (κ1) is 25.7. The highest BCUT2D eigenvalue weighted by Crippen LogP contribution is 2.11. The number of carboxylic acids is 1. The largest absolute Gasteiger partial charge is 0.508 e. The third-order valence-electron chi connectivity index (χ3n) is 4.62. The molecule has 0 bridgehead atoms. The number of H-pyrrole nitrogens is 1. The molecule has 1 aromatic carbocycles. The van der Waals surface area contributed by atoms with Crippen LogP contribution in [0.2, 0.25) is 0 Å². The number of carboxylic acid groups (broad SMARTS) is 1. The van der Waals surface area contributed by atoms with Crippen LogP contribution >= 0.6 is 12.6 Å². The zero-order chi connectivity index (χ0) is 24.4. The molecule has 3 amide bonds. The van der Waals surface area contributed by atoms with Crippen LogP contribution in [-0.2, 0) is 32.0 Å². The van der Waals surface area contributed by atoms with Crippen LogP contribution in [0.15, 0.2) is 36.8 Å². The molecule has 2 rings (SSSR count). The Labute approximate surface area is 194 Å². The molecule has 1 heterocycles. The maximum absolute atomic E-state index is 12.8. The van der Waals surface area contributed by atoms with E-state index in [1.54, 1.807) is 0 Å². The van der Waals surface area contributed by atoms with Crippen LogP contribution in [0.1, 0.15) is 11.3 Å². The fraction of sp³-hybridized carbons (Fsp3) is 0.350. The van der Waals surface area contributed by atoms with Crippen LogP contribution in [0.4, 0.5) is 0 Å². The predicted octanol–water partition coefficient (Wildman–Crippen LogP) is -1.67. The molecule has 178 valence electrons. The molecule has 33 heavy (non-hydrogen) atoms. The highest BCUT2D eigenvalue weighted by molar-refractivity contribution is 7.80. The Morgan fingerprint density at radius 3 is 2.18 bits per heavy atom. The van der Waals surface area contributed by atoms with Crippen LogP contribution in [0, 0.1) is 0 Å². The lowest BCUT2D eigenvalue weighted by atomic mass is 10.1. The monoisotopic (exact) mass is 478 g/mol. The quantitative estimate of drug-likeness (QED) is 0.165. The van der Waals surface area contributed by atoms with Crippen molar-refractivity contribution in [2.45, 2.75) is 31.0 Å². The summed E-state index contributed by atoms with van der Waals surface area (Å²) < 4.78 is 0. The van der Waals surface area contributed by atoms with E-state index in [9.17, 15) is 29.4 Å². The number of aromatic hydroxyl groups is 1. The molecule has 0 aliphatic carbocycles. The zero-order valence-electron chi connectivity index (χ0n) is 17.5. The van der Waals surface area contributed by atoms with Gasteiger partial charge in [-0.3, -0.25) is 14.4 Å². The van der Waals surface area contributed by atoms with E-state index in [-0.39, 0.29) is 30.9 Å². The Kier molecular flexibility index (Phi) is 9.69. The molecule has 0 aliphatic rings. The number of carbonyl (C=O) groups is 4. The molecule has 13 heteroatoms. The van der Waals surface area contributed by atoms with Gasteiger partial charge in [-0.2, -0.15) is 12.6 Å². The summed E-state index contributed by atoms with van der Waals surface area (Å²) >= 11 is 4.09. The Morgan fingerprint density at radius 2 is 1.64 bits per heavy atom. The predicted molar refractivity (Wildman–Crippen MR) is 120 cm³/mol. The molecule has 3 atom stereocenters. The van der Waals surface area contributed by atoms with E-state index in [0.29, 0.717) is 11.3 Å². The van der Waals surface area contributed by atoms with Gasteiger partial charge in [0.25, 0.3) is 0 Å². The fourth-order valence-corrected chi connectivity index (χ4v) is 3.14. The van der Waals surface area contributed by atoms with Crippen molar-refractivity contribution in [1.82, 2.24) is 25.9 Å². The second-order valence-corrected chi connectivity index (χ2v) is 7.48. The first-order valence-electron chi connectivity index (χ1n) is 9.92. The third-order valence-corrected chi connectivity index (χ3v) is 4.99. The number of phenolic OH excluding ortho intramolecular Hbond substituents is 1. The van der Waals surface area contributed by atoms with Gasteiger partial charge in [0.1, 0.15) is 23.9 Å². The van der Waals surface area contributed by atoms with Gasteiger partial charge in [-0.05, 0) is 17.7 Å². The topological polar surface area (TPSA) is 200 Å². The van der Waals surface area contributed by atoms with Gasteiger partial charge in [-0.15, -0.1) is 0 Å². The van der Waals surface area contributed by atoms with E-state index in [0.717, 1.165) is 0 Å². The van der Waals surface area contributed by atoms with E-state index in [2.05, 4.69) is 38.5 Å². The van der Waals surface area contributed by atoms with Crippen LogP contribution in [0.3, 0.4) is 0 Å². The lowest BCUT2D eigenvalue weighted by molar-refractivity contribution is -0.142. The minimum absolute atomic E-state index is 0.0268.